The normalized spacial score (nSPS) is 16.6. The van der Waals surface area contributed by atoms with Crippen LogP contribution in [0.5, 0.6) is 0 Å². The highest BCUT2D eigenvalue weighted by molar-refractivity contribution is 5.94. The number of hydrogen-bond acceptors (Lipinski definition) is 2. The van der Waals surface area contributed by atoms with Gasteiger partial charge in [-0.25, -0.2) is 4.39 Å². The molecule has 1 aromatic rings. The Balaban J connectivity index is 1.66. The lowest BCUT2D eigenvalue weighted by atomic mass is 10.2. The Morgan fingerprint density at radius 3 is 2.65 bits per heavy atom. The van der Waals surface area contributed by atoms with Crippen molar-refractivity contribution >= 4 is 5.91 Å². The molecule has 1 aliphatic rings. The lowest BCUT2D eigenvalue weighted by molar-refractivity contribution is 0.0951. The molecule has 1 amide bonds. The molecule has 0 bridgehead atoms. The SMILES string of the molecule is O=C(NCCCN1CCCCCC1)c1cccc(F)c1. The van der Waals surface area contributed by atoms with Crippen LogP contribution in [0.3, 0.4) is 0 Å². The molecule has 0 aliphatic carbocycles. The first-order chi connectivity index (χ1) is 9.75. The molecule has 2 rings (SSSR count). The maximum Gasteiger partial charge on any atom is 0.251 e. The second-order valence-electron chi connectivity index (χ2n) is 5.38. The summed E-state index contributed by atoms with van der Waals surface area (Å²) in [6.45, 7) is 4.03. The minimum absolute atomic E-state index is 0.194. The highest BCUT2D eigenvalue weighted by Gasteiger charge is 2.09. The zero-order chi connectivity index (χ0) is 14.2. The van der Waals surface area contributed by atoms with E-state index in [2.05, 4.69) is 10.2 Å². The lowest BCUT2D eigenvalue weighted by Crippen LogP contribution is -2.30. The molecule has 1 fully saturated rings. The first-order valence-electron chi connectivity index (χ1n) is 7.52. The van der Waals surface area contributed by atoms with Gasteiger partial charge in [-0.1, -0.05) is 18.9 Å². The number of benzene rings is 1. The number of nitrogens with zero attached hydrogens (tertiary/aromatic N) is 1. The predicted octanol–water partition coefficient (Wildman–Crippen LogP) is 2.82. The van der Waals surface area contributed by atoms with E-state index in [1.54, 1.807) is 12.1 Å². The summed E-state index contributed by atoms with van der Waals surface area (Å²) in [5, 5.41) is 2.85. The van der Waals surface area contributed by atoms with E-state index in [0.29, 0.717) is 12.1 Å². The molecule has 0 spiro atoms. The van der Waals surface area contributed by atoms with Crippen molar-refractivity contribution in [3.63, 3.8) is 0 Å². The van der Waals surface area contributed by atoms with Crippen LogP contribution >= 0.6 is 0 Å². The monoisotopic (exact) mass is 278 g/mol. The third kappa shape index (κ3) is 4.93. The smallest absolute Gasteiger partial charge is 0.251 e. The van der Waals surface area contributed by atoms with Crippen molar-refractivity contribution < 1.29 is 9.18 Å². The van der Waals surface area contributed by atoms with Gasteiger partial charge in [-0.3, -0.25) is 4.79 Å². The van der Waals surface area contributed by atoms with Gasteiger partial charge >= 0.3 is 0 Å². The summed E-state index contributed by atoms with van der Waals surface area (Å²) in [4.78, 5) is 14.3. The van der Waals surface area contributed by atoms with Gasteiger partial charge < -0.3 is 10.2 Å². The number of nitrogens with one attached hydrogen (secondary N) is 1. The minimum Gasteiger partial charge on any atom is -0.352 e. The molecule has 1 N–H and O–H groups in total. The second-order valence-corrected chi connectivity index (χ2v) is 5.38. The predicted molar refractivity (Wildman–Crippen MR) is 78.3 cm³/mol. The summed E-state index contributed by atoms with van der Waals surface area (Å²) >= 11 is 0. The van der Waals surface area contributed by atoms with Gasteiger partial charge in [0, 0.05) is 12.1 Å². The molecule has 0 saturated carbocycles. The fourth-order valence-electron chi connectivity index (χ4n) is 2.60. The summed E-state index contributed by atoms with van der Waals surface area (Å²) in [6.07, 6.45) is 6.20. The quantitative estimate of drug-likeness (QED) is 0.840. The molecular weight excluding hydrogens is 255 g/mol. The van der Waals surface area contributed by atoms with Crippen molar-refractivity contribution in [3.05, 3.63) is 35.6 Å². The minimum atomic E-state index is -0.373. The maximum atomic E-state index is 13.0. The van der Waals surface area contributed by atoms with E-state index in [9.17, 15) is 9.18 Å². The Morgan fingerprint density at radius 1 is 1.20 bits per heavy atom. The van der Waals surface area contributed by atoms with E-state index in [1.165, 1.54) is 50.9 Å². The molecule has 1 aromatic carbocycles. The Hall–Kier alpha value is -1.42. The van der Waals surface area contributed by atoms with Gasteiger partial charge in [-0.2, -0.15) is 0 Å². The average Bonchev–Trinajstić information content (AvgIpc) is 2.72. The van der Waals surface area contributed by atoms with E-state index < -0.39 is 0 Å². The zero-order valence-corrected chi connectivity index (χ0v) is 11.9. The molecule has 0 radical (unpaired) electrons. The number of amides is 1. The van der Waals surface area contributed by atoms with Crippen LogP contribution in [-0.2, 0) is 0 Å². The number of rotatable bonds is 5. The third-order valence-electron chi connectivity index (χ3n) is 3.72. The highest BCUT2D eigenvalue weighted by Crippen LogP contribution is 2.09. The molecule has 110 valence electrons. The van der Waals surface area contributed by atoms with Gasteiger partial charge in [0.1, 0.15) is 5.82 Å². The number of carbonyl (C=O) groups is 1. The van der Waals surface area contributed by atoms with Crippen molar-refractivity contribution in [2.24, 2.45) is 0 Å². The molecule has 1 aliphatic heterocycles. The number of hydrogen-bond donors (Lipinski definition) is 1. The van der Waals surface area contributed by atoms with Crippen LogP contribution in [0, 0.1) is 5.82 Å². The van der Waals surface area contributed by atoms with Gasteiger partial charge in [-0.05, 0) is 57.1 Å². The molecule has 0 atom stereocenters. The summed E-state index contributed by atoms with van der Waals surface area (Å²) in [5.41, 5.74) is 0.389. The second kappa shape index (κ2) is 8.00. The first-order valence-corrected chi connectivity index (χ1v) is 7.52. The Morgan fingerprint density at radius 2 is 1.95 bits per heavy atom. The van der Waals surface area contributed by atoms with Crippen molar-refractivity contribution in [2.45, 2.75) is 32.1 Å². The van der Waals surface area contributed by atoms with Crippen molar-refractivity contribution in [1.82, 2.24) is 10.2 Å². The average molecular weight is 278 g/mol. The lowest BCUT2D eigenvalue weighted by Gasteiger charge is -2.19. The summed E-state index contributed by atoms with van der Waals surface area (Å²) in [5.74, 6) is -0.567. The van der Waals surface area contributed by atoms with Gasteiger partial charge in [0.05, 0.1) is 0 Å². The Kier molecular flexibility index (Phi) is 5.99. The zero-order valence-electron chi connectivity index (χ0n) is 11.9. The van der Waals surface area contributed by atoms with Crippen LogP contribution < -0.4 is 5.32 Å². The van der Waals surface area contributed by atoms with Gasteiger partial charge in [0.25, 0.3) is 5.91 Å². The fourth-order valence-corrected chi connectivity index (χ4v) is 2.60. The number of halogens is 1. The highest BCUT2D eigenvalue weighted by atomic mass is 19.1. The van der Waals surface area contributed by atoms with Crippen molar-refractivity contribution in [1.29, 1.82) is 0 Å². The first kappa shape index (κ1) is 15.0. The van der Waals surface area contributed by atoms with E-state index in [-0.39, 0.29) is 11.7 Å². The van der Waals surface area contributed by atoms with E-state index >= 15 is 0 Å². The van der Waals surface area contributed by atoms with Gasteiger partial charge in [0.15, 0.2) is 0 Å². The Labute approximate surface area is 120 Å². The molecule has 4 heteroatoms. The van der Waals surface area contributed by atoms with Crippen LogP contribution in [-0.4, -0.2) is 37.0 Å². The largest absolute Gasteiger partial charge is 0.352 e. The van der Waals surface area contributed by atoms with E-state index in [1.807, 2.05) is 0 Å². The molecule has 20 heavy (non-hydrogen) atoms. The van der Waals surface area contributed by atoms with Crippen molar-refractivity contribution in [3.8, 4) is 0 Å². The molecule has 1 heterocycles. The van der Waals surface area contributed by atoms with Gasteiger partial charge in [-0.15, -0.1) is 0 Å². The van der Waals surface area contributed by atoms with Crippen LogP contribution in [0.25, 0.3) is 0 Å². The van der Waals surface area contributed by atoms with Crippen LogP contribution in [0.2, 0.25) is 0 Å². The third-order valence-corrected chi connectivity index (χ3v) is 3.72. The van der Waals surface area contributed by atoms with Crippen molar-refractivity contribution in [2.75, 3.05) is 26.2 Å². The van der Waals surface area contributed by atoms with E-state index in [4.69, 9.17) is 0 Å². The molecule has 1 saturated heterocycles. The molecule has 0 aromatic heterocycles. The molecule has 3 nitrogen and oxygen atoms in total. The Bertz CT molecular complexity index is 428. The van der Waals surface area contributed by atoms with Crippen LogP contribution in [0.1, 0.15) is 42.5 Å². The molecule has 0 unspecified atom stereocenters. The van der Waals surface area contributed by atoms with Crippen LogP contribution in [0.15, 0.2) is 24.3 Å². The fraction of sp³-hybridized carbons (Fsp3) is 0.562. The maximum absolute atomic E-state index is 13.0. The summed E-state index contributed by atoms with van der Waals surface area (Å²) < 4.78 is 13.0. The van der Waals surface area contributed by atoms with Gasteiger partial charge in [0.2, 0.25) is 0 Å². The van der Waals surface area contributed by atoms with Crippen LogP contribution in [0.4, 0.5) is 4.39 Å². The topological polar surface area (TPSA) is 32.3 Å². The summed E-state index contributed by atoms with van der Waals surface area (Å²) in [6, 6.07) is 5.80. The van der Waals surface area contributed by atoms with E-state index in [0.717, 1.165) is 13.0 Å². The molecular formula is C16H23FN2O. The standard InChI is InChI=1S/C16H23FN2O/c17-15-8-5-7-14(13-15)16(20)18-9-6-12-19-10-3-1-2-4-11-19/h5,7-8,13H,1-4,6,9-12H2,(H,18,20). The summed E-state index contributed by atoms with van der Waals surface area (Å²) in [7, 11) is 0. The number of carbonyl (C=O) groups excluding carboxylic acids is 1. The number of likely N-dealkylation sites (tertiary alicyclic amines) is 1.